The molecule has 0 spiro atoms. The first-order valence-corrected chi connectivity index (χ1v) is 13.9. The van der Waals surface area contributed by atoms with Crippen molar-refractivity contribution in [2.75, 3.05) is 26.3 Å². The summed E-state index contributed by atoms with van der Waals surface area (Å²) in [6.07, 6.45) is 9.21. The number of fused-ring (bicyclic) bond motifs is 2. The van der Waals surface area contributed by atoms with Gasteiger partial charge in [0.1, 0.15) is 0 Å². The van der Waals surface area contributed by atoms with E-state index in [4.69, 9.17) is 0 Å². The molecule has 3 nitrogen and oxygen atoms in total. The summed E-state index contributed by atoms with van der Waals surface area (Å²) < 4.78 is 12.5. The maximum absolute atomic E-state index is 12.5. The molecule has 38 heavy (non-hydrogen) atoms. The van der Waals surface area contributed by atoms with Gasteiger partial charge in [0.05, 0.1) is 12.2 Å². The number of likely N-dealkylation sites (tertiary alicyclic amines) is 1. The third-order valence-corrected chi connectivity index (χ3v) is 8.30. The Labute approximate surface area is 224 Å². The Morgan fingerprint density at radius 1 is 0.895 bits per heavy atom. The lowest BCUT2D eigenvalue weighted by molar-refractivity contribution is 0.0696. The first-order valence-electron chi connectivity index (χ1n) is 13.9. The van der Waals surface area contributed by atoms with Crippen LogP contribution in [-0.4, -0.2) is 42.3 Å². The van der Waals surface area contributed by atoms with Crippen molar-refractivity contribution < 1.29 is 14.3 Å². The molecule has 6 rings (SSSR count). The van der Waals surface area contributed by atoms with Crippen LogP contribution in [0.4, 0.5) is 4.39 Å². The van der Waals surface area contributed by atoms with E-state index in [1.54, 1.807) is 6.07 Å². The molecule has 0 saturated carbocycles. The van der Waals surface area contributed by atoms with Crippen molar-refractivity contribution in [3.05, 3.63) is 111 Å². The Morgan fingerprint density at radius 2 is 1.68 bits per heavy atom. The normalized spacial score (nSPS) is 17.0. The number of nitrogens with zero attached hydrogens (tertiary/aromatic N) is 1. The van der Waals surface area contributed by atoms with Crippen LogP contribution in [0, 0.1) is 0 Å². The fourth-order valence-electron chi connectivity index (χ4n) is 6.46. The molecular formula is C34H34FNO2. The van der Waals surface area contributed by atoms with Crippen LogP contribution in [0.5, 0.6) is 0 Å². The first kappa shape index (κ1) is 24.8. The molecule has 1 aliphatic heterocycles. The summed E-state index contributed by atoms with van der Waals surface area (Å²) in [5, 5.41) is 9.62. The van der Waals surface area contributed by atoms with Gasteiger partial charge < -0.3 is 5.11 Å². The Hall–Kier alpha value is -3.50. The third kappa shape index (κ3) is 4.86. The number of hydrogen-bond donors (Lipinski definition) is 1. The Kier molecular flexibility index (Phi) is 6.99. The second kappa shape index (κ2) is 10.7. The first-order chi connectivity index (χ1) is 18.6. The van der Waals surface area contributed by atoms with E-state index in [2.05, 4.69) is 53.4 Å². The highest BCUT2D eigenvalue weighted by atomic mass is 19.1. The lowest BCUT2D eigenvalue weighted by atomic mass is 9.85. The second-order valence-corrected chi connectivity index (χ2v) is 10.9. The molecule has 1 fully saturated rings. The molecule has 1 heterocycles. The van der Waals surface area contributed by atoms with Gasteiger partial charge in [-0.3, -0.25) is 9.29 Å². The van der Waals surface area contributed by atoms with E-state index in [0.717, 1.165) is 62.9 Å². The largest absolute Gasteiger partial charge is 0.478 e. The van der Waals surface area contributed by atoms with Gasteiger partial charge in [0.25, 0.3) is 0 Å². The van der Waals surface area contributed by atoms with Gasteiger partial charge in [-0.25, -0.2) is 4.79 Å². The molecule has 0 unspecified atom stereocenters. The molecule has 0 atom stereocenters. The number of carbonyl (C=O) groups is 1. The lowest BCUT2D eigenvalue weighted by Crippen LogP contribution is -2.40. The maximum Gasteiger partial charge on any atom is 0.335 e. The van der Waals surface area contributed by atoms with Crippen LogP contribution in [0.25, 0.3) is 17.2 Å². The molecule has 0 radical (unpaired) electrons. The zero-order chi connectivity index (χ0) is 26.1. The average molecular weight is 508 g/mol. The van der Waals surface area contributed by atoms with Crippen LogP contribution < -0.4 is 0 Å². The molecule has 3 aliphatic rings. The van der Waals surface area contributed by atoms with Crippen LogP contribution >= 0.6 is 0 Å². The molecule has 0 bridgehead atoms. The Morgan fingerprint density at radius 3 is 2.47 bits per heavy atom. The van der Waals surface area contributed by atoms with Crippen LogP contribution in [-0.2, 0) is 19.3 Å². The Bertz CT molecular complexity index is 1430. The Balaban J connectivity index is 1.41. The van der Waals surface area contributed by atoms with Gasteiger partial charge in [-0.05, 0) is 113 Å². The molecule has 1 N–H and O–H groups in total. The molecular weight excluding hydrogens is 473 g/mol. The number of alkyl halides is 1. The van der Waals surface area contributed by atoms with Gasteiger partial charge in [-0.15, -0.1) is 0 Å². The van der Waals surface area contributed by atoms with Crippen LogP contribution in [0.1, 0.15) is 75.0 Å². The number of carboxylic acids is 1. The summed E-state index contributed by atoms with van der Waals surface area (Å²) in [6.45, 7) is 2.43. The molecule has 3 aromatic carbocycles. The van der Waals surface area contributed by atoms with E-state index in [1.165, 1.54) is 51.0 Å². The van der Waals surface area contributed by atoms with Gasteiger partial charge in [0.2, 0.25) is 0 Å². The van der Waals surface area contributed by atoms with Gasteiger partial charge in [-0.1, -0.05) is 54.6 Å². The van der Waals surface area contributed by atoms with E-state index in [1.807, 2.05) is 12.1 Å². The minimum absolute atomic E-state index is 0.249. The molecule has 4 heteroatoms. The van der Waals surface area contributed by atoms with Crippen molar-refractivity contribution in [2.24, 2.45) is 0 Å². The summed E-state index contributed by atoms with van der Waals surface area (Å²) >= 11 is 0. The lowest BCUT2D eigenvalue weighted by Gasteiger charge is -2.33. The fraction of sp³-hybridized carbons (Fsp3) is 0.324. The number of benzene rings is 3. The average Bonchev–Trinajstić information content (AvgIpc) is 3.31. The summed E-state index contributed by atoms with van der Waals surface area (Å²) in [6, 6.07) is 21.3. The fourth-order valence-corrected chi connectivity index (χ4v) is 6.46. The summed E-state index contributed by atoms with van der Waals surface area (Å²) in [7, 11) is 0. The summed E-state index contributed by atoms with van der Waals surface area (Å²) in [4.78, 5) is 14.0. The van der Waals surface area contributed by atoms with Gasteiger partial charge in [-0.2, -0.15) is 0 Å². The van der Waals surface area contributed by atoms with E-state index >= 15 is 0 Å². The minimum atomic E-state index is -0.875. The van der Waals surface area contributed by atoms with Crippen molar-refractivity contribution in [1.82, 2.24) is 4.90 Å². The van der Waals surface area contributed by atoms with E-state index < -0.39 is 5.97 Å². The SMILES string of the molecule is O=C(O)c1ccc2c(c1)CCCC(c1cccc3c1CCC3)=C2c1ccc(C=C2CN(CCCF)C2)cc1. The highest BCUT2D eigenvalue weighted by molar-refractivity contribution is 6.01. The predicted octanol–water partition coefficient (Wildman–Crippen LogP) is 7.23. The monoisotopic (exact) mass is 507 g/mol. The maximum atomic E-state index is 12.5. The minimum Gasteiger partial charge on any atom is -0.478 e. The third-order valence-electron chi connectivity index (χ3n) is 8.30. The molecule has 0 amide bonds. The predicted molar refractivity (Wildman–Crippen MR) is 152 cm³/mol. The number of rotatable bonds is 7. The number of halogens is 1. The van der Waals surface area contributed by atoms with Crippen molar-refractivity contribution in [3.63, 3.8) is 0 Å². The van der Waals surface area contributed by atoms with Gasteiger partial charge >= 0.3 is 5.97 Å². The van der Waals surface area contributed by atoms with E-state index in [0.29, 0.717) is 12.0 Å². The van der Waals surface area contributed by atoms with Crippen LogP contribution in [0.3, 0.4) is 0 Å². The highest BCUT2D eigenvalue weighted by Crippen LogP contribution is 2.42. The van der Waals surface area contributed by atoms with Crippen LogP contribution in [0.15, 0.2) is 66.2 Å². The molecule has 2 aliphatic carbocycles. The summed E-state index contributed by atoms with van der Waals surface area (Å²) in [5.41, 5.74) is 13.4. The topological polar surface area (TPSA) is 40.5 Å². The number of allylic oxidation sites excluding steroid dienone is 1. The van der Waals surface area contributed by atoms with Crippen LogP contribution in [0.2, 0.25) is 0 Å². The standard InChI is InChI=1S/C34H34FNO2/c35-17-4-18-36-21-24(22-36)19-23-11-13-26(14-12-23)33-30-16-15-28(34(37)38)20-27(30)7-3-10-32(33)31-9-2-6-25-5-1-8-29(25)31/h2,6,9,11-16,19-20H,1,3-5,7-8,10,17-18,21-22H2,(H,37,38). The highest BCUT2D eigenvalue weighted by Gasteiger charge is 2.25. The van der Waals surface area contributed by atoms with Gasteiger partial charge in [0, 0.05) is 19.6 Å². The molecule has 1 saturated heterocycles. The number of aromatic carboxylic acids is 1. The van der Waals surface area contributed by atoms with Gasteiger partial charge in [0.15, 0.2) is 0 Å². The quantitative estimate of drug-likeness (QED) is 0.367. The summed E-state index contributed by atoms with van der Waals surface area (Å²) in [5.74, 6) is -0.875. The van der Waals surface area contributed by atoms with E-state index in [-0.39, 0.29) is 6.67 Å². The number of aryl methyl sites for hydroxylation is 2. The van der Waals surface area contributed by atoms with Crippen molar-refractivity contribution >= 4 is 23.2 Å². The van der Waals surface area contributed by atoms with Crippen molar-refractivity contribution in [2.45, 2.75) is 44.9 Å². The number of hydrogen-bond acceptors (Lipinski definition) is 2. The zero-order valence-corrected chi connectivity index (χ0v) is 21.8. The number of carboxylic acid groups (broad SMARTS) is 1. The molecule has 3 aromatic rings. The zero-order valence-electron chi connectivity index (χ0n) is 21.8. The van der Waals surface area contributed by atoms with E-state index in [9.17, 15) is 14.3 Å². The smallest absolute Gasteiger partial charge is 0.335 e. The molecule has 0 aromatic heterocycles. The van der Waals surface area contributed by atoms with Crippen molar-refractivity contribution in [3.8, 4) is 0 Å². The second-order valence-electron chi connectivity index (χ2n) is 10.9. The molecule has 194 valence electrons. The van der Waals surface area contributed by atoms with Crippen molar-refractivity contribution in [1.29, 1.82) is 0 Å².